The minimum absolute atomic E-state index is 0.103. The predicted octanol–water partition coefficient (Wildman–Crippen LogP) is 0.692. The number of aromatic nitrogens is 2. The summed E-state index contributed by atoms with van der Waals surface area (Å²) < 4.78 is 5.64. The SMILES string of the molecule is Cc1cc(=O)[nH]c(N2C[C@@H](C)O[C@H](C)C2)n1. The van der Waals surface area contributed by atoms with E-state index in [1.807, 2.05) is 20.8 Å². The Balaban J connectivity index is 2.26. The van der Waals surface area contributed by atoms with Gasteiger partial charge in [0.1, 0.15) is 0 Å². The van der Waals surface area contributed by atoms with Gasteiger partial charge in [-0.2, -0.15) is 0 Å². The third-order valence-corrected chi connectivity index (χ3v) is 2.58. The van der Waals surface area contributed by atoms with Crippen LogP contribution in [-0.4, -0.2) is 35.3 Å². The van der Waals surface area contributed by atoms with E-state index in [0.29, 0.717) is 5.95 Å². The molecular formula is C11H17N3O2. The van der Waals surface area contributed by atoms with Crippen LogP contribution in [0.5, 0.6) is 0 Å². The van der Waals surface area contributed by atoms with Crippen molar-refractivity contribution in [1.82, 2.24) is 9.97 Å². The number of hydrogen-bond donors (Lipinski definition) is 1. The summed E-state index contributed by atoms with van der Waals surface area (Å²) in [6, 6.07) is 1.50. The molecule has 0 saturated carbocycles. The van der Waals surface area contributed by atoms with Gasteiger partial charge in [0, 0.05) is 24.8 Å². The Bertz CT molecular complexity index is 419. The topological polar surface area (TPSA) is 58.2 Å². The fraction of sp³-hybridized carbons (Fsp3) is 0.636. The zero-order chi connectivity index (χ0) is 11.7. The highest BCUT2D eigenvalue weighted by Crippen LogP contribution is 2.15. The molecule has 0 spiro atoms. The lowest BCUT2D eigenvalue weighted by Crippen LogP contribution is -2.46. The number of nitrogens with one attached hydrogen (secondary N) is 1. The van der Waals surface area contributed by atoms with E-state index < -0.39 is 0 Å². The normalized spacial score (nSPS) is 25.8. The molecule has 1 aromatic rings. The first-order chi connectivity index (χ1) is 7.54. The minimum Gasteiger partial charge on any atom is -0.372 e. The molecule has 5 heteroatoms. The van der Waals surface area contributed by atoms with Crippen LogP contribution in [0.4, 0.5) is 5.95 Å². The maximum Gasteiger partial charge on any atom is 0.252 e. The van der Waals surface area contributed by atoms with Crippen molar-refractivity contribution in [3.05, 3.63) is 22.1 Å². The van der Waals surface area contributed by atoms with Crippen molar-refractivity contribution in [2.24, 2.45) is 0 Å². The van der Waals surface area contributed by atoms with Crippen LogP contribution in [-0.2, 0) is 4.74 Å². The Hall–Kier alpha value is -1.36. The summed E-state index contributed by atoms with van der Waals surface area (Å²) in [4.78, 5) is 20.5. The Morgan fingerprint density at radius 3 is 2.62 bits per heavy atom. The third-order valence-electron chi connectivity index (χ3n) is 2.58. The first-order valence-corrected chi connectivity index (χ1v) is 5.53. The average Bonchev–Trinajstić information content (AvgIpc) is 2.14. The molecule has 1 saturated heterocycles. The molecule has 0 aromatic carbocycles. The second-order valence-electron chi connectivity index (χ2n) is 4.37. The fourth-order valence-electron chi connectivity index (χ4n) is 2.06. The zero-order valence-electron chi connectivity index (χ0n) is 9.86. The molecule has 1 aromatic heterocycles. The van der Waals surface area contributed by atoms with E-state index in [0.717, 1.165) is 18.8 Å². The number of ether oxygens (including phenoxy) is 1. The fourth-order valence-corrected chi connectivity index (χ4v) is 2.06. The molecule has 2 heterocycles. The Kier molecular flexibility index (Phi) is 2.96. The van der Waals surface area contributed by atoms with E-state index in [2.05, 4.69) is 14.9 Å². The standard InChI is InChI=1S/C11H17N3O2/c1-7-4-10(15)13-11(12-7)14-5-8(2)16-9(3)6-14/h4,8-9H,5-6H2,1-3H3,(H,12,13,15)/t8-,9-/m1/s1. The summed E-state index contributed by atoms with van der Waals surface area (Å²) in [6.45, 7) is 7.40. The summed E-state index contributed by atoms with van der Waals surface area (Å²) in [6.07, 6.45) is 0.323. The first-order valence-electron chi connectivity index (χ1n) is 5.53. The number of nitrogens with zero attached hydrogens (tertiary/aromatic N) is 2. The van der Waals surface area contributed by atoms with Crippen LogP contribution in [0.1, 0.15) is 19.5 Å². The van der Waals surface area contributed by atoms with Gasteiger partial charge >= 0.3 is 0 Å². The van der Waals surface area contributed by atoms with E-state index in [4.69, 9.17) is 4.74 Å². The second kappa shape index (κ2) is 4.25. The Morgan fingerprint density at radius 2 is 2.06 bits per heavy atom. The van der Waals surface area contributed by atoms with Gasteiger partial charge in [0.05, 0.1) is 12.2 Å². The van der Waals surface area contributed by atoms with Gasteiger partial charge in [0.2, 0.25) is 5.95 Å². The number of anilines is 1. The number of rotatable bonds is 1. The molecule has 0 amide bonds. The molecule has 1 aliphatic rings. The molecule has 1 aliphatic heterocycles. The van der Waals surface area contributed by atoms with Gasteiger partial charge < -0.3 is 9.64 Å². The number of aromatic amines is 1. The van der Waals surface area contributed by atoms with Crippen LogP contribution in [0.2, 0.25) is 0 Å². The highest BCUT2D eigenvalue weighted by Gasteiger charge is 2.23. The number of aryl methyl sites for hydroxylation is 1. The summed E-state index contributed by atoms with van der Waals surface area (Å²) in [5.74, 6) is 0.645. The van der Waals surface area contributed by atoms with Crippen LogP contribution < -0.4 is 10.5 Å². The number of hydrogen-bond acceptors (Lipinski definition) is 4. The van der Waals surface area contributed by atoms with Gasteiger partial charge in [0.25, 0.3) is 5.56 Å². The van der Waals surface area contributed by atoms with Gasteiger partial charge in [-0.25, -0.2) is 4.98 Å². The summed E-state index contributed by atoms with van der Waals surface area (Å²) in [5.41, 5.74) is 0.639. The molecule has 16 heavy (non-hydrogen) atoms. The van der Waals surface area contributed by atoms with Crippen LogP contribution in [0.3, 0.4) is 0 Å². The van der Waals surface area contributed by atoms with Crippen molar-refractivity contribution in [1.29, 1.82) is 0 Å². The Morgan fingerprint density at radius 1 is 1.44 bits per heavy atom. The number of morpholine rings is 1. The van der Waals surface area contributed by atoms with E-state index >= 15 is 0 Å². The van der Waals surface area contributed by atoms with Crippen molar-refractivity contribution >= 4 is 5.95 Å². The molecule has 1 N–H and O–H groups in total. The zero-order valence-corrected chi connectivity index (χ0v) is 9.86. The van der Waals surface area contributed by atoms with Crippen LogP contribution in [0, 0.1) is 6.92 Å². The van der Waals surface area contributed by atoms with Gasteiger partial charge in [0.15, 0.2) is 0 Å². The highest BCUT2D eigenvalue weighted by atomic mass is 16.5. The van der Waals surface area contributed by atoms with Crippen LogP contribution in [0.15, 0.2) is 10.9 Å². The van der Waals surface area contributed by atoms with Crippen LogP contribution in [0.25, 0.3) is 0 Å². The van der Waals surface area contributed by atoms with Gasteiger partial charge in [-0.1, -0.05) is 0 Å². The quantitative estimate of drug-likeness (QED) is 0.761. The highest BCUT2D eigenvalue weighted by molar-refractivity contribution is 5.31. The first kappa shape index (κ1) is 11.1. The maximum atomic E-state index is 11.4. The maximum absolute atomic E-state index is 11.4. The lowest BCUT2D eigenvalue weighted by molar-refractivity contribution is -0.00574. The molecule has 0 bridgehead atoms. The molecule has 88 valence electrons. The van der Waals surface area contributed by atoms with Crippen molar-refractivity contribution in [2.75, 3.05) is 18.0 Å². The monoisotopic (exact) mass is 223 g/mol. The molecule has 0 aliphatic carbocycles. The summed E-state index contributed by atoms with van der Waals surface area (Å²) in [5, 5.41) is 0. The van der Waals surface area contributed by atoms with Gasteiger partial charge in [-0.15, -0.1) is 0 Å². The van der Waals surface area contributed by atoms with Gasteiger partial charge in [-0.3, -0.25) is 9.78 Å². The Labute approximate surface area is 94.5 Å². The van der Waals surface area contributed by atoms with Gasteiger partial charge in [-0.05, 0) is 20.8 Å². The predicted molar refractivity (Wildman–Crippen MR) is 61.8 cm³/mol. The molecule has 2 atom stereocenters. The second-order valence-corrected chi connectivity index (χ2v) is 4.37. The summed E-state index contributed by atoms with van der Waals surface area (Å²) >= 11 is 0. The van der Waals surface area contributed by atoms with Crippen molar-refractivity contribution in [3.63, 3.8) is 0 Å². The smallest absolute Gasteiger partial charge is 0.252 e. The van der Waals surface area contributed by atoms with Crippen molar-refractivity contribution in [3.8, 4) is 0 Å². The molecule has 0 unspecified atom stereocenters. The molecule has 5 nitrogen and oxygen atoms in total. The largest absolute Gasteiger partial charge is 0.372 e. The van der Waals surface area contributed by atoms with E-state index in [1.165, 1.54) is 6.07 Å². The van der Waals surface area contributed by atoms with E-state index in [9.17, 15) is 4.79 Å². The van der Waals surface area contributed by atoms with Crippen molar-refractivity contribution < 1.29 is 4.74 Å². The molecule has 1 fully saturated rings. The van der Waals surface area contributed by atoms with E-state index in [1.54, 1.807) is 0 Å². The van der Waals surface area contributed by atoms with Crippen molar-refractivity contribution in [2.45, 2.75) is 33.0 Å². The van der Waals surface area contributed by atoms with E-state index in [-0.39, 0.29) is 17.8 Å². The lowest BCUT2D eigenvalue weighted by atomic mass is 10.2. The lowest BCUT2D eigenvalue weighted by Gasteiger charge is -2.35. The summed E-state index contributed by atoms with van der Waals surface area (Å²) in [7, 11) is 0. The third kappa shape index (κ3) is 2.41. The molecule has 0 radical (unpaired) electrons. The molecular weight excluding hydrogens is 206 g/mol. The molecule has 2 rings (SSSR count). The average molecular weight is 223 g/mol. The number of H-pyrrole nitrogens is 1. The van der Waals surface area contributed by atoms with Crippen LogP contribution >= 0.6 is 0 Å². The minimum atomic E-state index is -0.103.